The molecule has 0 unspecified atom stereocenters. The number of carbonyl (C=O) groups excluding carboxylic acids is 1. The fourth-order valence-electron chi connectivity index (χ4n) is 3.05. The van der Waals surface area contributed by atoms with E-state index in [1.54, 1.807) is 17.0 Å². The summed E-state index contributed by atoms with van der Waals surface area (Å²) < 4.78 is 0. The molecule has 0 bridgehead atoms. The summed E-state index contributed by atoms with van der Waals surface area (Å²) in [6.45, 7) is 0. The fourth-order valence-corrected chi connectivity index (χ4v) is 3.05. The molecule has 25 heavy (non-hydrogen) atoms. The van der Waals surface area contributed by atoms with Crippen molar-refractivity contribution in [1.82, 2.24) is 0 Å². The number of para-hydroxylation sites is 2. The number of hydrogen-bond acceptors (Lipinski definition) is 4. The molecule has 124 valence electrons. The molecule has 1 aliphatic rings. The lowest BCUT2D eigenvalue weighted by Crippen LogP contribution is -2.43. The van der Waals surface area contributed by atoms with Gasteiger partial charge in [0, 0.05) is 11.4 Å². The molecule has 1 amide bonds. The Hall–Kier alpha value is -3.47. The molecular weight excluding hydrogens is 316 g/mol. The van der Waals surface area contributed by atoms with Crippen LogP contribution < -0.4 is 10.2 Å². The van der Waals surface area contributed by atoms with E-state index >= 15 is 0 Å². The van der Waals surface area contributed by atoms with Crippen molar-refractivity contribution in [3.63, 3.8) is 0 Å². The summed E-state index contributed by atoms with van der Waals surface area (Å²) in [5, 5.41) is 22.8. The first-order valence-corrected chi connectivity index (χ1v) is 7.91. The molecule has 4 rings (SSSR count). The van der Waals surface area contributed by atoms with E-state index in [1.165, 1.54) is 12.1 Å². The Balaban J connectivity index is 1.87. The second-order valence-corrected chi connectivity index (χ2v) is 5.85. The van der Waals surface area contributed by atoms with Crippen LogP contribution in [0.3, 0.4) is 0 Å². The van der Waals surface area contributed by atoms with Crippen LogP contribution in [0.1, 0.15) is 22.1 Å². The number of benzene rings is 3. The summed E-state index contributed by atoms with van der Waals surface area (Å²) in [4.78, 5) is 14.8. The average molecular weight is 332 g/mol. The standard InChI is InChI=1S/C20H16N2O3/c23-17-11-10-13(12-18(17)24)19-21-16-9-5-4-8-15(16)20(25)22(19)14-6-2-1-3-7-14/h1-12,19,21,23-24H/t19-/m1/s1. The van der Waals surface area contributed by atoms with Crippen molar-refractivity contribution in [2.45, 2.75) is 6.17 Å². The highest BCUT2D eigenvalue weighted by molar-refractivity contribution is 6.12. The number of phenols is 2. The Morgan fingerprint density at radius 3 is 2.32 bits per heavy atom. The van der Waals surface area contributed by atoms with Crippen LogP contribution in [0.2, 0.25) is 0 Å². The maximum Gasteiger partial charge on any atom is 0.262 e. The van der Waals surface area contributed by atoms with Gasteiger partial charge in [0.25, 0.3) is 5.91 Å². The zero-order valence-electron chi connectivity index (χ0n) is 13.3. The molecule has 1 atom stereocenters. The first-order valence-electron chi connectivity index (χ1n) is 7.91. The summed E-state index contributed by atoms with van der Waals surface area (Å²) in [5.74, 6) is -0.547. The maximum absolute atomic E-state index is 13.1. The number of phenolic OH excluding ortho intramolecular Hbond substituents is 2. The number of anilines is 2. The smallest absolute Gasteiger partial charge is 0.262 e. The van der Waals surface area contributed by atoms with Gasteiger partial charge in [-0.3, -0.25) is 9.69 Å². The van der Waals surface area contributed by atoms with Crippen LogP contribution in [0.5, 0.6) is 11.5 Å². The Kier molecular flexibility index (Phi) is 3.54. The zero-order chi connectivity index (χ0) is 17.4. The number of hydrogen-bond donors (Lipinski definition) is 3. The molecule has 0 aromatic heterocycles. The Morgan fingerprint density at radius 2 is 1.56 bits per heavy atom. The number of nitrogens with zero attached hydrogens (tertiary/aromatic N) is 1. The lowest BCUT2D eigenvalue weighted by Gasteiger charge is -2.38. The van der Waals surface area contributed by atoms with Crippen LogP contribution in [0.25, 0.3) is 0 Å². The van der Waals surface area contributed by atoms with Gasteiger partial charge in [0.2, 0.25) is 0 Å². The second kappa shape index (κ2) is 5.87. The number of amides is 1. The van der Waals surface area contributed by atoms with Gasteiger partial charge in [0.05, 0.1) is 5.56 Å². The van der Waals surface area contributed by atoms with Crippen molar-refractivity contribution in [3.05, 3.63) is 83.9 Å². The van der Waals surface area contributed by atoms with E-state index in [4.69, 9.17) is 0 Å². The first-order chi connectivity index (χ1) is 12.1. The van der Waals surface area contributed by atoms with Gasteiger partial charge in [-0.15, -0.1) is 0 Å². The molecule has 5 heteroatoms. The third-order valence-electron chi connectivity index (χ3n) is 4.28. The normalized spacial score (nSPS) is 16.2. The van der Waals surface area contributed by atoms with Gasteiger partial charge >= 0.3 is 0 Å². The minimum absolute atomic E-state index is 0.127. The van der Waals surface area contributed by atoms with Gasteiger partial charge in [0.1, 0.15) is 6.17 Å². The number of fused-ring (bicyclic) bond motifs is 1. The molecule has 0 saturated carbocycles. The predicted molar refractivity (Wildman–Crippen MR) is 95.8 cm³/mol. The van der Waals surface area contributed by atoms with Gasteiger partial charge in [-0.05, 0) is 42.0 Å². The molecule has 0 radical (unpaired) electrons. The van der Waals surface area contributed by atoms with E-state index in [1.807, 2.05) is 48.5 Å². The largest absolute Gasteiger partial charge is 0.504 e. The molecule has 0 aliphatic carbocycles. The van der Waals surface area contributed by atoms with E-state index in [2.05, 4.69) is 5.32 Å². The van der Waals surface area contributed by atoms with Gasteiger partial charge in [-0.1, -0.05) is 36.4 Å². The molecule has 0 fully saturated rings. The van der Waals surface area contributed by atoms with E-state index in [0.717, 1.165) is 11.4 Å². The number of nitrogens with one attached hydrogen (secondary N) is 1. The summed E-state index contributed by atoms with van der Waals surface area (Å²) in [7, 11) is 0. The lowest BCUT2D eigenvalue weighted by molar-refractivity contribution is 0.0975. The Labute approximate surface area is 144 Å². The summed E-state index contributed by atoms with van der Waals surface area (Å²) >= 11 is 0. The van der Waals surface area contributed by atoms with Crippen molar-refractivity contribution in [3.8, 4) is 11.5 Å². The molecule has 0 saturated heterocycles. The molecule has 1 aliphatic heterocycles. The molecule has 5 nitrogen and oxygen atoms in total. The van der Waals surface area contributed by atoms with E-state index in [9.17, 15) is 15.0 Å². The van der Waals surface area contributed by atoms with Crippen molar-refractivity contribution in [2.24, 2.45) is 0 Å². The second-order valence-electron chi connectivity index (χ2n) is 5.85. The van der Waals surface area contributed by atoms with Crippen molar-refractivity contribution in [1.29, 1.82) is 0 Å². The van der Waals surface area contributed by atoms with Crippen molar-refractivity contribution < 1.29 is 15.0 Å². The van der Waals surface area contributed by atoms with Crippen LogP contribution in [0.15, 0.2) is 72.8 Å². The van der Waals surface area contributed by atoms with Gasteiger partial charge in [0.15, 0.2) is 11.5 Å². The highest BCUT2D eigenvalue weighted by atomic mass is 16.3. The minimum Gasteiger partial charge on any atom is -0.504 e. The number of carbonyl (C=O) groups is 1. The molecular formula is C20H16N2O3. The highest BCUT2D eigenvalue weighted by Crippen LogP contribution is 2.38. The van der Waals surface area contributed by atoms with Crippen molar-refractivity contribution >= 4 is 17.3 Å². The van der Waals surface area contributed by atoms with Crippen molar-refractivity contribution in [2.75, 3.05) is 10.2 Å². The lowest BCUT2D eigenvalue weighted by atomic mass is 10.0. The molecule has 0 spiro atoms. The van der Waals surface area contributed by atoms with Gasteiger partial charge in [-0.2, -0.15) is 0 Å². The van der Waals surface area contributed by atoms with E-state index < -0.39 is 6.17 Å². The monoisotopic (exact) mass is 332 g/mol. The summed E-state index contributed by atoms with van der Waals surface area (Å²) in [5.41, 5.74) is 2.73. The maximum atomic E-state index is 13.1. The van der Waals surface area contributed by atoms with Crippen LogP contribution in [0, 0.1) is 0 Å². The van der Waals surface area contributed by atoms with Crippen LogP contribution >= 0.6 is 0 Å². The fraction of sp³-hybridized carbons (Fsp3) is 0.0500. The van der Waals surface area contributed by atoms with Crippen LogP contribution in [-0.2, 0) is 0 Å². The number of aromatic hydroxyl groups is 2. The van der Waals surface area contributed by atoms with Crippen LogP contribution in [0.4, 0.5) is 11.4 Å². The highest BCUT2D eigenvalue weighted by Gasteiger charge is 2.34. The summed E-state index contributed by atoms with van der Waals surface area (Å²) in [6, 6.07) is 21.2. The minimum atomic E-state index is -0.503. The Bertz CT molecular complexity index is 941. The molecule has 3 aromatic carbocycles. The molecule has 3 aromatic rings. The van der Waals surface area contributed by atoms with E-state index in [-0.39, 0.29) is 17.4 Å². The SMILES string of the molecule is O=C1c2ccccc2N[C@@H](c2ccc(O)c(O)c2)N1c1ccccc1. The zero-order valence-corrected chi connectivity index (χ0v) is 13.3. The predicted octanol–water partition coefficient (Wildman–Crippen LogP) is 3.87. The van der Waals surface area contributed by atoms with Gasteiger partial charge in [-0.25, -0.2) is 0 Å². The molecule has 1 heterocycles. The quantitative estimate of drug-likeness (QED) is 0.623. The molecule has 3 N–H and O–H groups in total. The summed E-state index contributed by atoms with van der Waals surface area (Å²) in [6.07, 6.45) is -0.503. The van der Waals surface area contributed by atoms with E-state index in [0.29, 0.717) is 11.1 Å². The average Bonchev–Trinajstić information content (AvgIpc) is 2.64. The third-order valence-corrected chi connectivity index (χ3v) is 4.28. The third kappa shape index (κ3) is 2.55. The number of rotatable bonds is 2. The first kappa shape index (κ1) is 15.1. The van der Waals surface area contributed by atoms with Gasteiger partial charge < -0.3 is 15.5 Å². The topological polar surface area (TPSA) is 72.8 Å². The Morgan fingerprint density at radius 1 is 0.840 bits per heavy atom. The van der Waals surface area contributed by atoms with Crippen LogP contribution in [-0.4, -0.2) is 16.1 Å².